The van der Waals surface area contributed by atoms with Gasteiger partial charge in [0.15, 0.2) is 0 Å². The minimum Gasteiger partial charge on any atom is -0.326 e. The first-order valence-corrected chi connectivity index (χ1v) is 8.52. The van der Waals surface area contributed by atoms with E-state index in [1.54, 1.807) is 50.4 Å². The topological polar surface area (TPSA) is 102 Å². The van der Waals surface area contributed by atoms with Crippen molar-refractivity contribution in [3.8, 4) is 11.4 Å². The molecule has 0 aliphatic carbocycles. The zero-order valence-corrected chi connectivity index (χ0v) is 15.4. The van der Waals surface area contributed by atoms with Gasteiger partial charge in [0, 0.05) is 28.9 Å². The van der Waals surface area contributed by atoms with Crippen LogP contribution in [0.15, 0.2) is 42.5 Å². The number of nitrogens with one attached hydrogen (secondary N) is 2. The minimum atomic E-state index is -0.220. The average molecular weight is 364 g/mol. The quantitative estimate of drug-likeness (QED) is 0.725. The first-order valence-electron chi connectivity index (χ1n) is 8.52. The minimum absolute atomic E-state index is 0.0520. The molecule has 8 heteroatoms. The SMILES string of the molecule is CCC(=O)Nc1ccc(NC(=O)c2ccc(-c3nnn(C)n3)cc2)c(C)c1. The van der Waals surface area contributed by atoms with Crippen molar-refractivity contribution >= 4 is 23.2 Å². The number of carbonyl (C=O) groups is 2. The normalized spacial score (nSPS) is 10.5. The van der Waals surface area contributed by atoms with Gasteiger partial charge in [0.25, 0.3) is 5.91 Å². The van der Waals surface area contributed by atoms with Crippen LogP contribution in [0.3, 0.4) is 0 Å². The van der Waals surface area contributed by atoms with Crippen LogP contribution in [0.25, 0.3) is 11.4 Å². The number of aryl methyl sites for hydroxylation is 2. The van der Waals surface area contributed by atoms with E-state index in [0.29, 0.717) is 29.2 Å². The molecule has 1 aromatic heterocycles. The van der Waals surface area contributed by atoms with Gasteiger partial charge in [0.1, 0.15) is 0 Å². The summed E-state index contributed by atoms with van der Waals surface area (Å²) in [5.74, 6) is 0.232. The molecule has 3 rings (SSSR count). The van der Waals surface area contributed by atoms with Gasteiger partial charge in [-0.05, 0) is 48.0 Å². The highest BCUT2D eigenvalue weighted by molar-refractivity contribution is 6.05. The number of nitrogens with zero attached hydrogens (tertiary/aromatic N) is 4. The molecule has 0 saturated carbocycles. The molecule has 8 nitrogen and oxygen atoms in total. The van der Waals surface area contributed by atoms with Gasteiger partial charge in [-0.25, -0.2) is 0 Å². The van der Waals surface area contributed by atoms with Gasteiger partial charge in [-0.15, -0.1) is 10.2 Å². The van der Waals surface area contributed by atoms with Gasteiger partial charge in [-0.2, -0.15) is 4.80 Å². The molecule has 0 saturated heterocycles. The van der Waals surface area contributed by atoms with Gasteiger partial charge < -0.3 is 10.6 Å². The second-order valence-corrected chi connectivity index (χ2v) is 6.07. The number of amides is 2. The smallest absolute Gasteiger partial charge is 0.255 e. The lowest BCUT2D eigenvalue weighted by Crippen LogP contribution is -2.13. The number of benzene rings is 2. The number of tetrazole rings is 1. The van der Waals surface area contributed by atoms with Crippen LogP contribution >= 0.6 is 0 Å². The predicted octanol–water partition coefficient (Wildman–Crippen LogP) is 2.79. The molecule has 3 aromatic rings. The maximum atomic E-state index is 12.5. The molecule has 0 aliphatic heterocycles. The van der Waals surface area contributed by atoms with Crippen LogP contribution in [-0.2, 0) is 11.8 Å². The number of hydrogen-bond donors (Lipinski definition) is 2. The Morgan fingerprint density at radius 1 is 1.07 bits per heavy atom. The highest BCUT2D eigenvalue weighted by atomic mass is 16.2. The van der Waals surface area contributed by atoms with E-state index in [1.165, 1.54) is 4.80 Å². The third-order valence-electron chi connectivity index (χ3n) is 3.99. The maximum absolute atomic E-state index is 12.5. The van der Waals surface area contributed by atoms with E-state index in [1.807, 2.05) is 13.0 Å². The molecule has 138 valence electrons. The molecule has 0 bridgehead atoms. The molecule has 0 radical (unpaired) electrons. The third kappa shape index (κ3) is 4.35. The zero-order valence-electron chi connectivity index (χ0n) is 15.4. The molecule has 0 spiro atoms. The van der Waals surface area contributed by atoms with Gasteiger partial charge in [-0.1, -0.05) is 19.1 Å². The van der Waals surface area contributed by atoms with Crippen molar-refractivity contribution in [3.63, 3.8) is 0 Å². The Balaban J connectivity index is 1.70. The van der Waals surface area contributed by atoms with Gasteiger partial charge in [0.2, 0.25) is 11.7 Å². The fraction of sp³-hybridized carbons (Fsp3) is 0.211. The summed E-state index contributed by atoms with van der Waals surface area (Å²) in [6, 6.07) is 12.4. The lowest BCUT2D eigenvalue weighted by Gasteiger charge is -2.11. The largest absolute Gasteiger partial charge is 0.326 e. The summed E-state index contributed by atoms with van der Waals surface area (Å²) in [6.07, 6.45) is 0.414. The van der Waals surface area contributed by atoms with Crippen molar-refractivity contribution in [2.24, 2.45) is 7.05 Å². The Morgan fingerprint density at radius 3 is 2.41 bits per heavy atom. The molecule has 27 heavy (non-hydrogen) atoms. The van der Waals surface area contributed by atoms with Crippen molar-refractivity contribution < 1.29 is 9.59 Å². The van der Waals surface area contributed by atoms with E-state index >= 15 is 0 Å². The van der Waals surface area contributed by atoms with Crippen molar-refractivity contribution in [2.45, 2.75) is 20.3 Å². The number of carbonyl (C=O) groups excluding carboxylic acids is 2. The third-order valence-corrected chi connectivity index (χ3v) is 3.99. The molecule has 2 N–H and O–H groups in total. The van der Waals surface area contributed by atoms with Gasteiger partial charge in [-0.3, -0.25) is 9.59 Å². The summed E-state index contributed by atoms with van der Waals surface area (Å²) in [5, 5.41) is 17.6. The molecule has 1 heterocycles. The van der Waals surface area contributed by atoms with Crippen molar-refractivity contribution in [2.75, 3.05) is 10.6 Å². The summed E-state index contributed by atoms with van der Waals surface area (Å²) in [5.41, 5.74) is 3.56. The number of hydrogen-bond acceptors (Lipinski definition) is 5. The lowest BCUT2D eigenvalue weighted by atomic mass is 10.1. The standard InChI is InChI=1S/C19H20N6O2/c1-4-17(26)20-15-9-10-16(12(2)11-15)21-19(27)14-7-5-13(6-8-14)18-22-24-25(3)23-18/h5-11H,4H2,1-3H3,(H,20,26)(H,21,27). The molecule has 0 atom stereocenters. The average Bonchev–Trinajstić information content (AvgIpc) is 3.10. The number of aromatic nitrogens is 4. The van der Waals surface area contributed by atoms with Crippen molar-refractivity contribution in [1.29, 1.82) is 0 Å². The second kappa shape index (κ2) is 7.77. The Bertz CT molecular complexity index is 978. The van der Waals surface area contributed by atoms with E-state index in [4.69, 9.17) is 0 Å². The van der Waals surface area contributed by atoms with Gasteiger partial charge in [0.05, 0.1) is 7.05 Å². The molecule has 2 aromatic carbocycles. The fourth-order valence-corrected chi connectivity index (χ4v) is 2.50. The van der Waals surface area contributed by atoms with Crippen LogP contribution in [0.1, 0.15) is 29.3 Å². The van der Waals surface area contributed by atoms with Crippen LogP contribution in [0.5, 0.6) is 0 Å². The molecule has 0 unspecified atom stereocenters. The summed E-state index contributed by atoms with van der Waals surface area (Å²) in [4.78, 5) is 25.4. The molecular formula is C19H20N6O2. The Kier molecular flexibility index (Phi) is 5.25. The molecule has 2 amide bonds. The predicted molar refractivity (Wildman–Crippen MR) is 102 cm³/mol. The van der Waals surface area contributed by atoms with Crippen LogP contribution in [-0.4, -0.2) is 32.0 Å². The summed E-state index contributed by atoms with van der Waals surface area (Å²) >= 11 is 0. The Hall–Kier alpha value is -3.55. The Morgan fingerprint density at radius 2 is 1.81 bits per heavy atom. The van der Waals surface area contributed by atoms with Crippen molar-refractivity contribution in [3.05, 3.63) is 53.6 Å². The Labute approximate surface area is 156 Å². The highest BCUT2D eigenvalue weighted by Gasteiger charge is 2.10. The highest BCUT2D eigenvalue weighted by Crippen LogP contribution is 2.21. The van der Waals surface area contributed by atoms with Crippen LogP contribution in [0, 0.1) is 6.92 Å². The zero-order chi connectivity index (χ0) is 19.4. The van der Waals surface area contributed by atoms with E-state index in [0.717, 1.165) is 11.1 Å². The van der Waals surface area contributed by atoms with E-state index < -0.39 is 0 Å². The number of anilines is 2. The van der Waals surface area contributed by atoms with Crippen molar-refractivity contribution in [1.82, 2.24) is 20.2 Å². The lowest BCUT2D eigenvalue weighted by molar-refractivity contribution is -0.115. The summed E-state index contributed by atoms with van der Waals surface area (Å²) in [6.45, 7) is 3.67. The first-order chi connectivity index (χ1) is 13.0. The van der Waals surface area contributed by atoms with Crippen LogP contribution in [0.2, 0.25) is 0 Å². The molecule has 0 fully saturated rings. The van der Waals surface area contributed by atoms with E-state index in [9.17, 15) is 9.59 Å². The van der Waals surface area contributed by atoms with E-state index in [-0.39, 0.29) is 11.8 Å². The second-order valence-electron chi connectivity index (χ2n) is 6.07. The monoisotopic (exact) mass is 364 g/mol. The van der Waals surface area contributed by atoms with Crippen LogP contribution in [0.4, 0.5) is 11.4 Å². The van der Waals surface area contributed by atoms with E-state index in [2.05, 4.69) is 26.0 Å². The maximum Gasteiger partial charge on any atom is 0.255 e. The van der Waals surface area contributed by atoms with Gasteiger partial charge >= 0.3 is 0 Å². The summed E-state index contributed by atoms with van der Waals surface area (Å²) in [7, 11) is 1.69. The molecular weight excluding hydrogens is 344 g/mol. The number of rotatable bonds is 5. The fourth-order valence-electron chi connectivity index (χ4n) is 2.50. The first kappa shape index (κ1) is 18.2. The molecule has 0 aliphatic rings. The summed E-state index contributed by atoms with van der Waals surface area (Å²) < 4.78 is 0. The van der Waals surface area contributed by atoms with Crippen LogP contribution < -0.4 is 10.6 Å².